The Morgan fingerprint density at radius 3 is 2.33 bits per heavy atom. The van der Waals surface area contributed by atoms with Crippen molar-refractivity contribution in [3.05, 3.63) is 0 Å². The Hall–Kier alpha value is -0.970. The van der Waals surface area contributed by atoms with Crippen molar-refractivity contribution < 1.29 is 30.0 Å². The first kappa shape index (κ1) is 14.0. The van der Waals surface area contributed by atoms with E-state index in [2.05, 4.69) is 5.92 Å². The summed E-state index contributed by atoms with van der Waals surface area (Å²) in [4.78, 5) is 10.1. The van der Waals surface area contributed by atoms with E-state index in [4.69, 9.17) is 21.4 Å². The fourth-order valence-corrected chi connectivity index (χ4v) is 0.847. The summed E-state index contributed by atoms with van der Waals surface area (Å²) in [6, 6.07) is 0. The maximum absolute atomic E-state index is 10.1. The van der Waals surface area contributed by atoms with Gasteiger partial charge >= 0.3 is 0 Å². The number of hydrogen-bond acceptors (Lipinski definition) is 6. The van der Waals surface area contributed by atoms with Crippen LogP contribution in [0.5, 0.6) is 0 Å². The number of aliphatic hydroxyl groups is 4. The minimum Gasteiger partial charge on any atom is -0.388 e. The van der Waals surface area contributed by atoms with Crippen molar-refractivity contribution in [2.24, 2.45) is 0 Å². The molecule has 4 N–H and O–H groups in total. The first-order chi connectivity index (χ1) is 7.04. The van der Waals surface area contributed by atoms with E-state index in [0.29, 0.717) is 0 Å². The van der Waals surface area contributed by atoms with Gasteiger partial charge in [-0.15, -0.1) is 6.42 Å². The molecule has 0 rings (SSSR count). The van der Waals surface area contributed by atoms with E-state index < -0.39 is 24.4 Å². The second-order valence-corrected chi connectivity index (χ2v) is 2.89. The predicted octanol–water partition coefficient (Wildman–Crippen LogP) is -2.72. The van der Waals surface area contributed by atoms with Gasteiger partial charge in [-0.2, -0.15) is 0 Å². The lowest BCUT2D eigenvalue weighted by Crippen LogP contribution is -2.46. The Labute approximate surface area is 87.1 Å². The highest BCUT2D eigenvalue weighted by molar-refractivity contribution is 5.56. The Kier molecular flexibility index (Phi) is 6.86. The highest BCUT2D eigenvalue weighted by Crippen LogP contribution is 2.04. The van der Waals surface area contributed by atoms with Gasteiger partial charge in [0.05, 0.1) is 6.61 Å². The van der Waals surface area contributed by atoms with Gasteiger partial charge in [0.2, 0.25) is 0 Å². The second kappa shape index (κ2) is 7.34. The molecule has 0 aromatic heterocycles. The molecule has 0 saturated heterocycles. The molecule has 0 amide bonds. The van der Waals surface area contributed by atoms with E-state index >= 15 is 0 Å². The van der Waals surface area contributed by atoms with Gasteiger partial charge in [-0.1, -0.05) is 5.92 Å². The molecule has 6 nitrogen and oxygen atoms in total. The van der Waals surface area contributed by atoms with Crippen molar-refractivity contribution in [1.29, 1.82) is 0 Å². The minimum absolute atomic E-state index is 0.0455. The summed E-state index contributed by atoms with van der Waals surface area (Å²) >= 11 is 0. The summed E-state index contributed by atoms with van der Waals surface area (Å²) in [6.07, 6.45) is -1.69. The highest BCUT2D eigenvalue weighted by Gasteiger charge is 2.30. The van der Waals surface area contributed by atoms with Crippen molar-refractivity contribution >= 4 is 6.29 Å². The molecule has 0 spiro atoms. The molecular formula is C9H14O6. The number of aldehydes is 1. The molecule has 0 bridgehead atoms. The number of ether oxygens (including phenoxy) is 1. The van der Waals surface area contributed by atoms with Gasteiger partial charge in [-0.25, -0.2) is 0 Å². The SMILES string of the molecule is C#CCOCC(O)C(O)C(O)C(O)C=O. The quantitative estimate of drug-likeness (QED) is 0.210. The number of carbonyl (C=O) groups is 1. The lowest BCUT2D eigenvalue weighted by molar-refractivity contribution is -0.138. The van der Waals surface area contributed by atoms with E-state index in [1.54, 1.807) is 0 Å². The average Bonchev–Trinajstić information content (AvgIpc) is 2.26. The highest BCUT2D eigenvalue weighted by atomic mass is 16.5. The molecule has 0 radical (unpaired) electrons. The molecule has 0 aromatic carbocycles. The van der Waals surface area contributed by atoms with Gasteiger partial charge in [-0.3, -0.25) is 0 Å². The number of aliphatic hydroxyl groups excluding tert-OH is 4. The maximum atomic E-state index is 10.1. The summed E-state index contributed by atoms with van der Waals surface area (Å²) in [5.41, 5.74) is 0. The van der Waals surface area contributed by atoms with Crippen LogP contribution in [0.15, 0.2) is 0 Å². The molecule has 15 heavy (non-hydrogen) atoms. The molecule has 6 heteroatoms. The molecule has 0 heterocycles. The van der Waals surface area contributed by atoms with Gasteiger partial charge in [0.1, 0.15) is 31.0 Å². The molecule has 0 aliphatic heterocycles. The average molecular weight is 218 g/mol. The van der Waals surface area contributed by atoms with Crippen LogP contribution in [0.25, 0.3) is 0 Å². The first-order valence-electron chi connectivity index (χ1n) is 4.23. The molecule has 0 fully saturated rings. The standard InChI is InChI=1S/C9H14O6/c1-2-3-15-5-7(12)9(14)8(13)6(11)4-10/h1,4,6-9,11-14H,3,5H2. The minimum atomic E-state index is -1.76. The van der Waals surface area contributed by atoms with Crippen LogP contribution >= 0.6 is 0 Å². The summed E-state index contributed by atoms with van der Waals surface area (Å²) in [6.45, 7) is -0.343. The molecule has 86 valence electrons. The zero-order chi connectivity index (χ0) is 11.8. The topological polar surface area (TPSA) is 107 Å². The first-order valence-corrected chi connectivity index (χ1v) is 4.23. The second-order valence-electron chi connectivity index (χ2n) is 2.89. The van der Waals surface area contributed by atoms with E-state index in [9.17, 15) is 15.0 Å². The van der Waals surface area contributed by atoms with Crippen LogP contribution in [0.2, 0.25) is 0 Å². The van der Waals surface area contributed by atoms with Gasteiger partial charge in [-0.05, 0) is 0 Å². The third kappa shape index (κ3) is 4.88. The van der Waals surface area contributed by atoms with E-state index in [1.165, 1.54) is 0 Å². The van der Waals surface area contributed by atoms with Crippen molar-refractivity contribution in [3.8, 4) is 12.3 Å². The fraction of sp³-hybridized carbons (Fsp3) is 0.667. The zero-order valence-corrected chi connectivity index (χ0v) is 7.98. The summed E-state index contributed by atoms with van der Waals surface area (Å²) in [5.74, 6) is 2.14. The van der Waals surface area contributed by atoms with Crippen LogP contribution < -0.4 is 0 Å². The molecule has 0 aromatic rings. The molecule has 0 aliphatic rings. The van der Waals surface area contributed by atoms with Crippen LogP contribution in [-0.4, -0.2) is 64.3 Å². The third-order valence-corrected chi connectivity index (χ3v) is 1.71. The van der Waals surface area contributed by atoms with Crippen LogP contribution in [0.4, 0.5) is 0 Å². The monoisotopic (exact) mass is 218 g/mol. The van der Waals surface area contributed by atoms with Crippen molar-refractivity contribution in [3.63, 3.8) is 0 Å². The number of terminal acetylenes is 1. The number of hydrogen-bond donors (Lipinski definition) is 4. The normalized spacial score (nSPS) is 18.6. The summed E-state index contributed by atoms with van der Waals surface area (Å²) in [7, 11) is 0. The maximum Gasteiger partial charge on any atom is 0.151 e. The molecule has 0 saturated carbocycles. The van der Waals surface area contributed by atoms with E-state index in [0.717, 1.165) is 0 Å². The molecular weight excluding hydrogens is 204 g/mol. The predicted molar refractivity (Wildman–Crippen MR) is 49.7 cm³/mol. The van der Waals surface area contributed by atoms with Gasteiger partial charge in [0.15, 0.2) is 6.29 Å². The van der Waals surface area contributed by atoms with Crippen molar-refractivity contribution in [2.75, 3.05) is 13.2 Å². The number of carbonyl (C=O) groups excluding carboxylic acids is 1. The smallest absolute Gasteiger partial charge is 0.151 e. The Morgan fingerprint density at radius 1 is 1.27 bits per heavy atom. The summed E-state index contributed by atoms with van der Waals surface area (Å²) < 4.78 is 4.70. The van der Waals surface area contributed by atoms with Crippen LogP contribution in [0.3, 0.4) is 0 Å². The number of rotatable bonds is 7. The van der Waals surface area contributed by atoms with E-state index in [1.807, 2.05) is 0 Å². The zero-order valence-electron chi connectivity index (χ0n) is 7.98. The third-order valence-electron chi connectivity index (χ3n) is 1.71. The lowest BCUT2D eigenvalue weighted by Gasteiger charge is -2.23. The Morgan fingerprint density at radius 2 is 1.87 bits per heavy atom. The van der Waals surface area contributed by atoms with Gasteiger partial charge < -0.3 is 30.0 Å². The van der Waals surface area contributed by atoms with Crippen molar-refractivity contribution in [1.82, 2.24) is 0 Å². The van der Waals surface area contributed by atoms with Crippen molar-refractivity contribution in [2.45, 2.75) is 24.4 Å². The molecule has 4 atom stereocenters. The van der Waals surface area contributed by atoms with E-state index in [-0.39, 0.29) is 19.5 Å². The van der Waals surface area contributed by atoms with Crippen LogP contribution in [-0.2, 0) is 9.53 Å². The largest absolute Gasteiger partial charge is 0.388 e. The Bertz CT molecular complexity index is 223. The Balaban J connectivity index is 4.01. The van der Waals surface area contributed by atoms with Crippen LogP contribution in [0, 0.1) is 12.3 Å². The lowest BCUT2D eigenvalue weighted by atomic mass is 10.0. The van der Waals surface area contributed by atoms with Gasteiger partial charge in [0, 0.05) is 0 Å². The molecule has 4 unspecified atom stereocenters. The summed E-state index contributed by atoms with van der Waals surface area (Å²) in [5, 5.41) is 36.4. The molecule has 0 aliphatic carbocycles. The van der Waals surface area contributed by atoms with Crippen LogP contribution in [0.1, 0.15) is 0 Å². The fourth-order valence-electron chi connectivity index (χ4n) is 0.847. The van der Waals surface area contributed by atoms with Gasteiger partial charge in [0.25, 0.3) is 0 Å².